The maximum absolute atomic E-state index is 11.1. The minimum Gasteiger partial charge on any atom is -0.467 e. The van der Waals surface area contributed by atoms with Gasteiger partial charge in [0.05, 0.1) is 26.4 Å². The fraction of sp³-hybridized carbons (Fsp3) is 0.938. The van der Waals surface area contributed by atoms with E-state index in [9.17, 15) is 9.90 Å². The van der Waals surface area contributed by atoms with E-state index in [1.807, 2.05) is 6.92 Å². The van der Waals surface area contributed by atoms with Crippen molar-refractivity contribution < 1.29 is 23.8 Å². The van der Waals surface area contributed by atoms with Crippen LogP contribution >= 0.6 is 0 Å². The molecule has 0 bridgehead atoms. The summed E-state index contributed by atoms with van der Waals surface area (Å²) in [6.07, 6.45) is -1.42. The van der Waals surface area contributed by atoms with E-state index in [0.717, 1.165) is 0 Å². The summed E-state index contributed by atoms with van der Waals surface area (Å²) in [5, 5.41) is 9.53. The first-order valence-corrected chi connectivity index (χ1v) is 10.2. The molecule has 5 nitrogen and oxygen atoms in total. The number of carbonyl (C=O) groups excluding carboxylic acids is 1. The summed E-state index contributed by atoms with van der Waals surface area (Å²) < 4.78 is 16.4. The lowest BCUT2D eigenvalue weighted by Gasteiger charge is -2.42. The molecule has 2 atom stereocenters. The number of rotatable bonds is 10. The van der Waals surface area contributed by atoms with Gasteiger partial charge >= 0.3 is 5.97 Å². The van der Waals surface area contributed by atoms with E-state index in [4.69, 9.17) is 9.16 Å². The van der Waals surface area contributed by atoms with E-state index >= 15 is 0 Å². The molecule has 0 aromatic carbocycles. The summed E-state index contributed by atoms with van der Waals surface area (Å²) in [7, 11) is -0.667. The average Bonchev–Trinajstić information content (AvgIpc) is 2.43. The Hall–Kier alpha value is -0.433. The minimum absolute atomic E-state index is 0.0726. The van der Waals surface area contributed by atoms with Crippen LogP contribution in [0.1, 0.15) is 48.5 Å². The highest BCUT2D eigenvalue weighted by molar-refractivity contribution is 6.77. The molecule has 0 aliphatic heterocycles. The van der Waals surface area contributed by atoms with Crippen molar-refractivity contribution in [2.24, 2.45) is 0 Å². The average molecular weight is 335 g/mol. The zero-order valence-corrected chi connectivity index (χ0v) is 16.4. The maximum atomic E-state index is 11.1. The van der Waals surface area contributed by atoms with Crippen LogP contribution in [0.15, 0.2) is 0 Å². The number of esters is 1. The highest BCUT2D eigenvalue weighted by atomic mass is 28.4. The molecule has 0 unspecified atom stereocenters. The molecule has 0 aromatic heterocycles. The quantitative estimate of drug-likeness (QED) is 0.491. The third-order valence-electron chi connectivity index (χ3n) is 4.29. The Bertz CT molecular complexity index is 309. The molecule has 0 amide bonds. The van der Waals surface area contributed by atoms with Gasteiger partial charge < -0.3 is 19.0 Å². The van der Waals surface area contributed by atoms with E-state index in [2.05, 4.69) is 46.3 Å². The number of carbonyl (C=O) groups is 1. The van der Waals surface area contributed by atoms with Crippen LogP contribution in [0.5, 0.6) is 0 Å². The Morgan fingerprint density at radius 1 is 0.955 bits per heavy atom. The van der Waals surface area contributed by atoms with Crippen molar-refractivity contribution in [3.05, 3.63) is 0 Å². The van der Waals surface area contributed by atoms with Gasteiger partial charge in [0.1, 0.15) is 0 Å². The monoisotopic (exact) mass is 334 g/mol. The van der Waals surface area contributed by atoms with Crippen LogP contribution in [-0.2, 0) is 18.7 Å². The Morgan fingerprint density at radius 2 is 1.41 bits per heavy atom. The molecule has 22 heavy (non-hydrogen) atoms. The Kier molecular flexibility index (Phi) is 9.46. The molecule has 0 saturated carbocycles. The van der Waals surface area contributed by atoms with Gasteiger partial charge in [-0.3, -0.25) is 0 Å². The fourth-order valence-corrected chi connectivity index (χ4v) is 8.79. The standard InChI is InChI=1S/C16H34O5Si/c1-11(2)22(12(3)4,13(5)6)21-9-14(7)20-10-15(17)16(18)19-8/h11-15,17H,9-10H2,1-8H3/t14-,15+/m0/s1. The van der Waals surface area contributed by atoms with Gasteiger partial charge in [-0.25, -0.2) is 4.79 Å². The van der Waals surface area contributed by atoms with Gasteiger partial charge in [-0.1, -0.05) is 41.5 Å². The van der Waals surface area contributed by atoms with Gasteiger partial charge in [0.25, 0.3) is 0 Å². The van der Waals surface area contributed by atoms with E-state index in [1.54, 1.807) is 0 Å². The summed E-state index contributed by atoms with van der Waals surface area (Å²) in [5.74, 6) is -0.677. The van der Waals surface area contributed by atoms with Crippen molar-refractivity contribution in [3.8, 4) is 0 Å². The van der Waals surface area contributed by atoms with Crippen LogP contribution < -0.4 is 0 Å². The first-order chi connectivity index (χ1) is 10.1. The molecule has 0 fully saturated rings. The third kappa shape index (κ3) is 5.65. The van der Waals surface area contributed by atoms with Gasteiger partial charge in [0.2, 0.25) is 0 Å². The minimum atomic E-state index is -1.91. The van der Waals surface area contributed by atoms with Gasteiger partial charge in [-0.15, -0.1) is 0 Å². The van der Waals surface area contributed by atoms with E-state index in [-0.39, 0.29) is 12.7 Å². The lowest BCUT2D eigenvalue weighted by atomic mass is 10.4. The number of ether oxygens (including phenoxy) is 2. The lowest BCUT2D eigenvalue weighted by Crippen LogP contribution is -2.49. The predicted molar refractivity (Wildman–Crippen MR) is 90.4 cm³/mol. The van der Waals surface area contributed by atoms with Crippen molar-refractivity contribution in [2.75, 3.05) is 20.3 Å². The molecule has 0 aromatic rings. The normalized spacial score (nSPS) is 15.5. The van der Waals surface area contributed by atoms with E-state index < -0.39 is 20.4 Å². The van der Waals surface area contributed by atoms with Gasteiger partial charge in [-0.2, -0.15) is 0 Å². The Balaban J connectivity index is 4.58. The van der Waals surface area contributed by atoms with Crippen LogP contribution in [-0.4, -0.2) is 51.9 Å². The molecule has 1 N–H and O–H groups in total. The smallest absolute Gasteiger partial charge is 0.337 e. The number of methoxy groups -OCH3 is 1. The largest absolute Gasteiger partial charge is 0.467 e. The summed E-state index contributed by atoms with van der Waals surface area (Å²) in [6.45, 7) is 15.7. The molecule has 0 spiro atoms. The number of hydrogen-bond donors (Lipinski definition) is 1. The number of aliphatic hydroxyl groups excluding tert-OH is 1. The third-order valence-corrected chi connectivity index (χ3v) is 10.4. The number of hydrogen-bond acceptors (Lipinski definition) is 5. The van der Waals surface area contributed by atoms with Gasteiger partial charge in [-0.05, 0) is 23.5 Å². The second-order valence-corrected chi connectivity index (χ2v) is 12.3. The van der Waals surface area contributed by atoms with Crippen LogP contribution in [0.25, 0.3) is 0 Å². The molecule has 6 heteroatoms. The highest BCUT2D eigenvalue weighted by Gasteiger charge is 2.45. The van der Waals surface area contributed by atoms with Crippen molar-refractivity contribution in [1.29, 1.82) is 0 Å². The zero-order chi connectivity index (χ0) is 17.5. The van der Waals surface area contributed by atoms with Crippen LogP contribution in [0.4, 0.5) is 0 Å². The summed E-state index contributed by atoms with van der Waals surface area (Å²) >= 11 is 0. The van der Waals surface area contributed by atoms with Crippen LogP contribution in [0.3, 0.4) is 0 Å². The molecule has 0 aliphatic carbocycles. The first kappa shape index (κ1) is 21.6. The van der Waals surface area contributed by atoms with Crippen LogP contribution in [0.2, 0.25) is 16.6 Å². The maximum Gasteiger partial charge on any atom is 0.337 e. The van der Waals surface area contributed by atoms with Gasteiger partial charge in [0.15, 0.2) is 14.4 Å². The Morgan fingerprint density at radius 3 is 1.77 bits per heavy atom. The fourth-order valence-electron chi connectivity index (χ4n) is 3.27. The predicted octanol–water partition coefficient (Wildman–Crippen LogP) is 3.12. The topological polar surface area (TPSA) is 65.0 Å². The molecule has 0 rings (SSSR count). The lowest BCUT2D eigenvalue weighted by molar-refractivity contribution is -0.155. The molecular formula is C16H34O5Si. The molecular weight excluding hydrogens is 300 g/mol. The molecule has 132 valence electrons. The highest BCUT2D eigenvalue weighted by Crippen LogP contribution is 2.42. The first-order valence-electron chi connectivity index (χ1n) is 8.10. The second kappa shape index (κ2) is 9.65. The second-order valence-electron chi connectivity index (χ2n) is 6.81. The van der Waals surface area contributed by atoms with Gasteiger partial charge in [0, 0.05) is 0 Å². The summed E-state index contributed by atoms with van der Waals surface area (Å²) in [6, 6.07) is 0. The van der Waals surface area contributed by atoms with E-state index in [1.165, 1.54) is 7.11 Å². The summed E-state index contributed by atoms with van der Waals surface area (Å²) in [4.78, 5) is 11.1. The SMILES string of the molecule is COC(=O)[C@H](O)CO[C@@H](C)CO[Si](C(C)C)(C(C)C)C(C)C. The molecule has 0 heterocycles. The van der Waals surface area contributed by atoms with Crippen molar-refractivity contribution in [1.82, 2.24) is 0 Å². The van der Waals surface area contributed by atoms with Crippen molar-refractivity contribution in [3.63, 3.8) is 0 Å². The molecule has 0 radical (unpaired) electrons. The number of aliphatic hydroxyl groups is 1. The van der Waals surface area contributed by atoms with E-state index in [0.29, 0.717) is 23.2 Å². The molecule has 0 saturated heterocycles. The zero-order valence-electron chi connectivity index (χ0n) is 15.4. The van der Waals surface area contributed by atoms with Crippen LogP contribution in [0, 0.1) is 0 Å². The van der Waals surface area contributed by atoms with Crippen molar-refractivity contribution in [2.45, 2.75) is 77.3 Å². The van der Waals surface area contributed by atoms with Crippen molar-refractivity contribution >= 4 is 14.3 Å². The summed E-state index contributed by atoms with van der Waals surface area (Å²) in [5.41, 5.74) is 1.54. The molecule has 0 aliphatic rings. The Labute approximate surface area is 136 Å².